The average Bonchev–Trinajstić information content (AvgIpc) is 2.75. The second-order valence-corrected chi connectivity index (χ2v) is 7.20. The van der Waals surface area contributed by atoms with Gasteiger partial charge in [-0.2, -0.15) is 0 Å². The minimum Gasteiger partial charge on any atom is -0.481 e. The molecule has 1 aromatic heterocycles. The maximum Gasteiger partial charge on any atom is 0.303 e. The Hall–Kier alpha value is -1.36. The summed E-state index contributed by atoms with van der Waals surface area (Å²) in [6, 6.07) is 3.97. The lowest BCUT2D eigenvalue weighted by molar-refractivity contribution is -0.139. The number of carbonyl (C=O) groups is 2. The van der Waals surface area contributed by atoms with Gasteiger partial charge in [0.25, 0.3) is 0 Å². The van der Waals surface area contributed by atoms with Crippen LogP contribution < -0.4 is 5.32 Å². The van der Waals surface area contributed by atoms with Gasteiger partial charge in [-0.15, -0.1) is 11.3 Å². The first-order valence-electron chi connectivity index (χ1n) is 6.76. The number of aliphatic carboxylic acids is 1. The molecule has 1 rings (SSSR count). The number of carboxylic acids is 1. The first-order valence-corrected chi connectivity index (χ1v) is 7.64. The molecule has 20 heavy (non-hydrogen) atoms. The van der Waals surface area contributed by atoms with Crippen molar-refractivity contribution < 1.29 is 14.7 Å². The predicted octanol–water partition coefficient (Wildman–Crippen LogP) is 3.45. The number of hydrogen-bond acceptors (Lipinski definition) is 3. The third-order valence-electron chi connectivity index (χ3n) is 3.10. The van der Waals surface area contributed by atoms with Crippen LogP contribution >= 0.6 is 11.3 Å². The molecular weight excluding hydrogens is 274 g/mol. The first-order chi connectivity index (χ1) is 9.21. The smallest absolute Gasteiger partial charge is 0.303 e. The Morgan fingerprint density at radius 1 is 1.35 bits per heavy atom. The second-order valence-electron chi connectivity index (χ2n) is 6.22. The third-order valence-corrected chi connectivity index (χ3v) is 4.06. The van der Waals surface area contributed by atoms with Gasteiger partial charge in [0, 0.05) is 11.3 Å². The zero-order valence-corrected chi connectivity index (χ0v) is 13.3. The Morgan fingerprint density at radius 2 is 2.00 bits per heavy atom. The van der Waals surface area contributed by atoms with Gasteiger partial charge < -0.3 is 10.4 Å². The van der Waals surface area contributed by atoms with Crippen molar-refractivity contribution in [1.82, 2.24) is 5.32 Å². The van der Waals surface area contributed by atoms with Gasteiger partial charge in [0.2, 0.25) is 5.91 Å². The highest BCUT2D eigenvalue weighted by molar-refractivity contribution is 7.10. The number of carboxylic acid groups (broad SMARTS) is 1. The predicted molar refractivity (Wildman–Crippen MR) is 80.7 cm³/mol. The normalized spacial score (nSPS) is 13.2. The van der Waals surface area contributed by atoms with Crippen molar-refractivity contribution in [1.29, 1.82) is 0 Å². The van der Waals surface area contributed by atoms with E-state index in [1.807, 2.05) is 17.5 Å². The van der Waals surface area contributed by atoms with E-state index in [1.165, 1.54) is 0 Å². The molecule has 1 aromatic rings. The molecule has 4 nitrogen and oxygen atoms in total. The van der Waals surface area contributed by atoms with Crippen LogP contribution in [0.1, 0.15) is 51.5 Å². The summed E-state index contributed by atoms with van der Waals surface area (Å²) < 4.78 is 0. The molecule has 0 radical (unpaired) electrons. The fourth-order valence-corrected chi connectivity index (χ4v) is 3.11. The van der Waals surface area contributed by atoms with Crippen LogP contribution in [0, 0.1) is 11.3 Å². The van der Waals surface area contributed by atoms with E-state index in [-0.39, 0.29) is 24.8 Å². The van der Waals surface area contributed by atoms with Gasteiger partial charge in [-0.25, -0.2) is 0 Å². The van der Waals surface area contributed by atoms with E-state index < -0.39 is 11.4 Å². The van der Waals surface area contributed by atoms with Crippen LogP contribution in [-0.2, 0) is 9.59 Å². The Kier molecular flexibility index (Phi) is 5.74. The highest BCUT2D eigenvalue weighted by Gasteiger charge is 2.27. The molecule has 0 unspecified atom stereocenters. The summed E-state index contributed by atoms with van der Waals surface area (Å²) in [5.41, 5.74) is -0.535. The Morgan fingerprint density at radius 3 is 2.45 bits per heavy atom. The maximum atomic E-state index is 12.2. The van der Waals surface area contributed by atoms with Gasteiger partial charge in [0.1, 0.15) is 0 Å². The molecule has 2 N–H and O–H groups in total. The lowest BCUT2D eigenvalue weighted by Gasteiger charge is -2.25. The largest absolute Gasteiger partial charge is 0.481 e. The van der Waals surface area contributed by atoms with E-state index in [4.69, 9.17) is 5.11 Å². The minimum atomic E-state index is -0.874. The summed E-state index contributed by atoms with van der Waals surface area (Å²) in [5.74, 6) is -0.676. The second kappa shape index (κ2) is 6.88. The van der Waals surface area contributed by atoms with Crippen LogP contribution in [0.2, 0.25) is 0 Å². The van der Waals surface area contributed by atoms with Crippen LogP contribution in [0.15, 0.2) is 17.5 Å². The fourth-order valence-electron chi connectivity index (χ4n) is 2.17. The summed E-state index contributed by atoms with van der Waals surface area (Å²) in [6.45, 7) is 7.73. The third kappa shape index (κ3) is 5.33. The van der Waals surface area contributed by atoms with Crippen LogP contribution in [-0.4, -0.2) is 17.0 Å². The molecule has 0 spiro atoms. The Bertz CT molecular complexity index is 452. The standard InChI is InChI=1S/C15H23NO3S/c1-10(2)14(11-6-5-7-20-11)16-12(17)8-15(3,4)9-13(18)19/h5-7,10,14H,8-9H2,1-4H3,(H,16,17)(H,18,19)/t14-/m1/s1. The zero-order valence-electron chi connectivity index (χ0n) is 12.5. The molecule has 0 aliphatic carbocycles. The number of rotatable bonds is 7. The van der Waals surface area contributed by atoms with Crippen molar-refractivity contribution in [2.75, 3.05) is 0 Å². The number of amides is 1. The zero-order chi connectivity index (χ0) is 15.3. The summed E-state index contributed by atoms with van der Waals surface area (Å²) in [7, 11) is 0. The van der Waals surface area contributed by atoms with Gasteiger partial charge in [-0.05, 0) is 22.8 Å². The van der Waals surface area contributed by atoms with E-state index in [9.17, 15) is 9.59 Å². The Labute approximate surface area is 124 Å². The first kappa shape index (κ1) is 16.7. The molecule has 0 saturated carbocycles. The van der Waals surface area contributed by atoms with E-state index in [0.717, 1.165) is 4.88 Å². The van der Waals surface area contributed by atoms with E-state index in [1.54, 1.807) is 25.2 Å². The molecule has 1 amide bonds. The molecule has 0 aliphatic heterocycles. The molecule has 0 fully saturated rings. The van der Waals surface area contributed by atoms with Crippen molar-refractivity contribution in [3.05, 3.63) is 22.4 Å². The van der Waals surface area contributed by atoms with Crippen molar-refractivity contribution >= 4 is 23.2 Å². The molecule has 0 aliphatic rings. The highest BCUT2D eigenvalue weighted by Crippen LogP contribution is 2.28. The summed E-state index contributed by atoms with van der Waals surface area (Å²) >= 11 is 1.62. The lowest BCUT2D eigenvalue weighted by atomic mass is 9.85. The average molecular weight is 297 g/mol. The molecule has 0 saturated heterocycles. The van der Waals surface area contributed by atoms with Crippen LogP contribution in [0.5, 0.6) is 0 Å². The quantitative estimate of drug-likeness (QED) is 0.810. The molecule has 1 atom stereocenters. The van der Waals surface area contributed by atoms with Gasteiger partial charge in [0.15, 0.2) is 0 Å². The van der Waals surface area contributed by atoms with Crippen LogP contribution in [0.25, 0.3) is 0 Å². The van der Waals surface area contributed by atoms with Crippen LogP contribution in [0.4, 0.5) is 0 Å². The van der Waals surface area contributed by atoms with Crippen molar-refractivity contribution in [3.63, 3.8) is 0 Å². The highest BCUT2D eigenvalue weighted by atomic mass is 32.1. The van der Waals surface area contributed by atoms with Gasteiger partial charge in [-0.1, -0.05) is 33.8 Å². The minimum absolute atomic E-state index is 0.00817. The van der Waals surface area contributed by atoms with Gasteiger partial charge >= 0.3 is 5.97 Å². The van der Waals surface area contributed by atoms with Crippen molar-refractivity contribution in [3.8, 4) is 0 Å². The van der Waals surface area contributed by atoms with Crippen molar-refractivity contribution in [2.24, 2.45) is 11.3 Å². The summed E-state index contributed by atoms with van der Waals surface area (Å²) in [6.07, 6.45) is 0.208. The molecule has 5 heteroatoms. The number of thiophene rings is 1. The van der Waals surface area contributed by atoms with Gasteiger partial charge in [0.05, 0.1) is 12.5 Å². The summed E-state index contributed by atoms with van der Waals surface area (Å²) in [5, 5.41) is 13.9. The maximum absolute atomic E-state index is 12.2. The number of hydrogen-bond donors (Lipinski definition) is 2. The van der Waals surface area contributed by atoms with Crippen LogP contribution in [0.3, 0.4) is 0 Å². The fraction of sp³-hybridized carbons (Fsp3) is 0.600. The molecule has 1 heterocycles. The topological polar surface area (TPSA) is 66.4 Å². The summed E-state index contributed by atoms with van der Waals surface area (Å²) in [4.78, 5) is 24.1. The van der Waals surface area contributed by atoms with E-state index in [0.29, 0.717) is 5.92 Å². The molecule has 0 bridgehead atoms. The molecular formula is C15H23NO3S. The SMILES string of the molecule is CC(C)[C@@H](NC(=O)CC(C)(C)CC(=O)O)c1cccs1. The molecule has 0 aromatic carbocycles. The monoisotopic (exact) mass is 297 g/mol. The van der Waals surface area contributed by atoms with E-state index >= 15 is 0 Å². The molecule has 112 valence electrons. The number of carbonyl (C=O) groups excluding carboxylic acids is 1. The lowest BCUT2D eigenvalue weighted by Crippen LogP contribution is -2.34. The van der Waals surface area contributed by atoms with Gasteiger partial charge in [-0.3, -0.25) is 9.59 Å². The van der Waals surface area contributed by atoms with Crippen molar-refractivity contribution in [2.45, 2.75) is 46.6 Å². The van der Waals surface area contributed by atoms with E-state index in [2.05, 4.69) is 19.2 Å². The Balaban J connectivity index is 2.66. The number of nitrogens with one attached hydrogen (secondary N) is 1.